The number of hydrogen-bond donors (Lipinski definition) is 2. The van der Waals surface area contributed by atoms with Crippen molar-refractivity contribution in [2.45, 2.75) is 31.8 Å². The lowest BCUT2D eigenvalue weighted by molar-refractivity contribution is 0.168. The third kappa shape index (κ3) is 2.96. The van der Waals surface area contributed by atoms with E-state index in [4.69, 9.17) is 0 Å². The van der Waals surface area contributed by atoms with Crippen LogP contribution in [0.15, 0.2) is 18.2 Å². The third-order valence-corrected chi connectivity index (χ3v) is 4.47. The van der Waals surface area contributed by atoms with Crippen molar-refractivity contribution in [1.82, 2.24) is 5.32 Å². The first-order chi connectivity index (χ1) is 9.74. The standard InChI is InChI=1S/C16H23FN2O/c17-13-5-6-15-14(9-13)16(20)4-2-8-19(15)11-12-3-1-7-18-10-12/h5-6,9,12,16,18,20H,1-4,7-8,10-11H2. The van der Waals surface area contributed by atoms with E-state index in [2.05, 4.69) is 10.2 Å². The molecule has 1 fully saturated rings. The summed E-state index contributed by atoms with van der Waals surface area (Å²) in [6.07, 6.45) is 3.63. The molecule has 3 nitrogen and oxygen atoms in total. The van der Waals surface area contributed by atoms with E-state index in [9.17, 15) is 9.50 Å². The highest BCUT2D eigenvalue weighted by Gasteiger charge is 2.24. The molecular weight excluding hydrogens is 255 g/mol. The normalized spacial score (nSPS) is 27.0. The lowest BCUT2D eigenvalue weighted by Gasteiger charge is -2.32. The van der Waals surface area contributed by atoms with E-state index in [0.717, 1.165) is 50.3 Å². The van der Waals surface area contributed by atoms with Crippen LogP contribution in [0.2, 0.25) is 0 Å². The van der Waals surface area contributed by atoms with Crippen molar-refractivity contribution in [2.24, 2.45) is 5.92 Å². The average Bonchev–Trinajstić information content (AvgIpc) is 2.60. The Balaban J connectivity index is 1.82. The molecule has 110 valence electrons. The van der Waals surface area contributed by atoms with Crippen LogP contribution >= 0.6 is 0 Å². The summed E-state index contributed by atoms with van der Waals surface area (Å²) in [6, 6.07) is 4.83. The third-order valence-electron chi connectivity index (χ3n) is 4.47. The van der Waals surface area contributed by atoms with Crippen LogP contribution in [0.25, 0.3) is 0 Å². The molecule has 2 heterocycles. The first-order valence-electron chi connectivity index (χ1n) is 7.67. The van der Waals surface area contributed by atoms with Gasteiger partial charge in [0.1, 0.15) is 5.82 Å². The second kappa shape index (κ2) is 6.10. The summed E-state index contributed by atoms with van der Waals surface area (Å²) >= 11 is 0. The van der Waals surface area contributed by atoms with Crippen LogP contribution in [-0.2, 0) is 0 Å². The Morgan fingerprint density at radius 2 is 2.20 bits per heavy atom. The fourth-order valence-corrected chi connectivity index (χ4v) is 3.41. The summed E-state index contributed by atoms with van der Waals surface area (Å²) in [7, 11) is 0. The average molecular weight is 278 g/mol. The van der Waals surface area contributed by atoms with Gasteiger partial charge in [-0.2, -0.15) is 0 Å². The molecule has 1 saturated heterocycles. The van der Waals surface area contributed by atoms with Crippen LogP contribution in [0.3, 0.4) is 0 Å². The Bertz CT molecular complexity index is 460. The van der Waals surface area contributed by atoms with Crippen LogP contribution in [0, 0.1) is 11.7 Å². The van der Waals surface area contributed by atoms with Crippen molar-refractivity contribution in [1.29, 1.82) is 0 Å². The highest BCUT2D eigenvalue weighted by atomic mass is 19.1. The molecule has 3 rings (SSSR count). The highest BCUT2D eigenvalue weighted by Crippen LogP contribution is 2.34. The van der Waals surface area contributed by atoms with Gasteiger partial charge < -0.3 is 15.3 Å². The van der Waals surface area contributed by atoms with Gasteiger partial charge in [-0.05, 0) is 62.9 Å². The van der Waals surface area contributed by atoms with Crippen molar-refractivity contribution in [3.63, 3.8) is 0 Å². The van der Waals surface area contributed by atoms with Gasteiger partial charge in [0.2, 0.25) is 0 Å². The molecule has 20 heavy (non-hydrogen) atoms. The molecule has 1 aromatic rings. The van der Waals surface area contributed by atoms with Crippen molar-refractivity contribution in [2.75, 3.05) is 31.1 Å². The van der Waals surface area contributed by atoms with Crippen LogP contribution in [0.4, 0.5) is 10.1 Å². The maximum absolute atomic E-state index is 13.4. The fourth-order valence-electron chi connectivity index (χ4n) is 3.41. The molecular formula is C16H23FN2O. The fraction of sp³-hybridized carbons (Fsp3) is 0.625. The Hall–Kier alpha value is -1.13. The van der Waals surface area contributed by atoms with Gasteiger partial charge in [0.15, 0.2) is 0 Å². The zero-order valence-corrected chi connectivity index (χ0v) is 11.8. The van der Waals surface area contributed by atoms with E-state index in [1.54, 1.807) is 0 Å². The maximum Gasteiger partial charge on any atom is 0.123 e. The molecule has 0 saturated carbocycles. The number of aliphatic hydroxyl groups excluding tert-OH is 1. The number of benzene rings is 1. The Kier molecular flexibility index (Phi) is 4.22. The highest BCUT2D eigenvalue weighted by molar-refractivity contribution is 5.55. The summed E-state index contributed by atoms with van der Waals surface area (Å²) in [5.41, 5.74) is 1.77. The molecule has 2 aliphatic heterocycles. The second-order valence-corrected chi connectivity index (χ2v) is 6.02. The van der Waals surface area contributed by atoms with Crippen molar-refractivity contribution in [3.8, 4) is 0 Å². The number of rotatable bonds is 2. The smallest absolute Gasteiger partial charge is 0.123 e. The summed E-state index contributed by atoms with van der Waals surface area (Å²) < 4.78 is 13.4. The van der Waals surface area contributed by atoms with Crippen LogP contribution in [0.1, 0.15) is 37.4 Å². The topological polar surface area (TPSA) is 35.5 Å². The first kappa shape index (κ1) is 13.8. The summed E-state index contributed by atoms with van der Waals surface area (Å²) in [5.74, 6) is 0.390. The Labute approximate surface area is 119 Å². The van der Waals surface area contributed by atoms with Crippen LogP contribution < -0.4 is 10.2 Å². The molecule has 0 radical (unpaired) electrons. The van der Waals surface area contributed by atoms with Gasteiger partial charge >= 0.3 is 0 Å². The lowest BCUT2D eigenvalue weighted by atomic mass is 9.98. The van der Waals surface area contributed by atoms with Gasteiger partial charge in [0.05, 0.1) is 6.10 Å². The zero-order valence-electron chi connectivity index (χ0n) is 11.8. The molecule has 2 unspecified atom stereocenters. The number of halogens is 1. The molecule has 2 N–H and O–H groups in total. The Morgan fingerprint density at radius 1 is 1.30 bits per heavy atom. The van der Waals surface area contributed by atoms with Gasteiger partial charge in [-0.1, -0.05) is 0 Å². The second-order valence-electron chi connectivity index (χ2n) is 6.02. The monoisotopic (exact) mass is 278 g/mol. The van der Waals surface area contributed by atoms with Gasteiger partial charge in [-0.3, -0.25) is 0 Å². The predicted octanol–water partition coefficient (Wildman–Crippen LogP) is 2.46. The number of piperidine rings is 1. The molecule has 2 atom stereocenters. The van der Waals surface area contributed by atoms with Gasteiger partial charge in [0.25, 0.3) is 0 Å². The minimum absolute atomic E-state index is 0.260. The van der Waals surface area contributed by atoms with E-state index in [1.165, 1.54) is 25.0 Å². The van der Waals surface area contributed by atoms with Gasteiger partial charge in [-0.15, -0.1) is 0 Å². The van der Waals surface area contributed by atoms with Crippen LogP contribution in [0.5, 0.6) is 0 Å². The molecule has 2 aliphatic rings. The van der Waals surface area contributed by atoms with Gasteiger partial charge in [0, 0.05) is 24.3 Å². The summed E-state index contributed by atoms with van der Waals surface area (Å²) in [6.45, 7) is 4.14. The van der Waals surface area contributed by atoms with E-state index in [0.29, 0.717) is 5.92 Å². The largest absolute Gasteiger partial charge is 0.388 e. The molecule has 0 spiro atoms. The van der Waals surface area contributed by atoms with E-state index in [-0.39, 0.29) is 5.82 Å². The zero-order chi connectivity index (χ0) is 13.9. The minimum Gasteiger partial charge on any atom is -0.388 e. The number of nitrogens with one attached hydrogen (secondary N) is 1. The minimum atomic E-state index is -0.532. The molecule has 0 amide bonds. The number of anilines is 1. The number of nitrogens with zero attached hydrogens (tertiary/aromatic N) is 1. The SMILES string of the molecule is OC1CCCN(CC2CCCNC2)c2ccc(F)cc21. The van der Waals surface area contributed by atoms with Crippen LogP contribution in [-0.4, -0.2) is 31.3 Å². The molecule has 0 bridgehead atoms. The van der Waals surface area contributed by atoms with E-state index in [1.807, 2.05) is 6.07 Å². The molecule has 0 aliphatic carbocycles. The van der Waals surface area contributed by atoms with E-state index < -0.39 is 6.10 Å². The van der Waals surface area contributed by atoms with E-state index >= 15 is 0 Å². The number of fused-ring (bicyclic) bond motifs is 1. The van der Waals surface area contributed by atoms with Crippen molar-refractivity contribution in [3.05, 3.63) is 29.6 Å². The maximum atomic E-state index is 13.4. The number of hydrogen-bond acceptors (Lipinski definition) is 3. The molecule has 1 aromatic carbocycles. The first-order valence-corrected chi connectivity index (χ1v) is 7.67. The molecule has 4 heteroatoms. The Morgan fingerprint density at radius 3 is 3.00 bits per heavy atom. The quantitative estimate of drug-likeness (QED) is 0.872. The van der Waals surface area contributed by atoms with Crippen molar-refractivity contribution >= 4 is 5.69 Å². The summed E-state index contributed by atoms with van der Waals surface area (Å²) in [4.78, 5) is 2.34. The number of aliphatic hydroxyl groups is 1. The molecule has 0 aromatic heterocycles. The predicted molar refractivity (Wildman–Crippen MR) is 78.4 cm³/mol. The summed E-state index contributed by atoms with van der Waals surface area (Å²) in [5, 5.41) is 13.6. The van der Waals surface area contributed by atoms with Crippen molar-refractivity contribution < 1.29 is 9.50 Å². The lowest BCUT2D eigenvalue weighted by Crippen LogP contribution is -2.38. The van der Waals surface area contributed by atoms with Gasteiger partial charge in [-0.25, -0.2) is 4.39 Å².